The minimum atomic E-state index is -0.455. The summed E-state index contributed by atoms with van der Waals surface area (Å²) in [6, 6.07) is 17.1. The number of esters is 1. The standard InChI is InChI=1S/C21H23NO4/c1-15(2)26-20(23)18-12-17-10-6-7-11-19(17)22(13-18)21(24)25-14-16-8-4-3-5-9-16/h3-11,15,18H,12-14H2,1-2H3/t18-/m1/s1. The average molecular weight is 353 g/mol. The Morgan fingerprint density at radius 2 is 1.77 bits per heavy atom. The largest absolute Gasteiger partial charge is 0.463 e. The van der Waals surface area contributed by atoms with Gasteiger partial charge < -0.3 is 9.47 Å². The highest BCUT2D eigenvalue weighted by molar-refractivity contribution is 5.91. The van der Waals surface area contributed by atoms with Crippen molar-refractivity contribution in [1.82, 2.24) is 0 Å². The van der Waals surface area contributed by atoms with Crippen molar-refractivity contribution < 1.29 is 19.1 Å². The van der Waals surface area contributed by atoms with Gasteiger partial charge in [0.25, 0.3) is 0 Å². The maximum atomic E-state index is 12.7. The van der Waals surface area contributed by atoms with Gasteiger partial charge in [0.1, 0.15) is 6.61 Å². The van der Waals surface area contributed by atoms with E-state index in [0.717, 1.165) is 16.8 Å². The molecule has 1 amide bonds. The second kappa shape index (κ2) is 8.04. The summed E-state index contributed by atoms with van der Waals surface area (Å²) in [5, 5.41) is 0. The molecular weight excluding hydrogens is 330 g/mol. The van der Waals surface area contributed by atoms with Crippen molar-refractivity contribution in [1.29, 1.82) is 0 Å². The van der Waals surface area contributed by atoms with E-state index >= 15 is 0 Å². The first-order valence-corrected chi connectivity index (χ1v) is 8.81. The van der Waals surface area contributed by atoms with Gasteiger partial charge in [0, 0.05) is 6.54 Å². The maximum absolute atomic E-state index is 12.7. The normalized spacial score (nSPS) is 16.1. The number of hydrogen-bond acceptors (Lipinski definition) is 4. The summed E-state index contributed by atoms with van der Waals surface area (Å²) in [7, 11) is 0. The lowest BCUT2D eigenvalue weighted by atomic mass is 9.93. The van der Waals surface area contributed by atoms with Gasteiger partial charge in [-0.1, -0.05) is 48.5 Å². The average Bonchev–Trinajstić information content (AvgIpc) is 2.65. The molecule has 0 aliphatic carbocycles. The third-order valence-corrected chi connectivity index (χ3v) is 4.26. The third-order valence-electron chi connectivity index (χ3n) is 4.26. The van der Waals surface area contributed by atoms with Crippen molar-refractivity contribution in [3.63, 3.8) is 0 Å². The highest BCUT2D eigenvalue weighted by atomic mass is 16.6. The lowest BCUT2D eigenvalue weighted by Crippen LogP contribution is -2.43. The summed E-state index contributed by atoms with van der Waals surface area (Å²) in [5.74, 6) is -0.674. The molecular formula is C21H23NO4. The fraction of sp³-hybridized carbons (Fsp3) is 0.333. The predicted molar refractivity (Wildman–Crippen MR) is 98.8 cm³/mol. The number of rotatable bonds is 4. The molecule has 5 nitrogen and oxygen atoms in total. The molecule has 0 saturated carbocycles. The van der Waals surface area contributed by atoms with Gasteiger partial charge in [0.2, 0.25) is 0 Å². The Labute approximate surface area is 153 Å². The summed E-state index contributed by atoms with van der Waals surface area (Å²) in [6.07, 6.45) is -0.0778. The van der Waals surface area contributed by atoms with Crippen LogP contribution in [0.2, 0.25) is 0 Å². The Kier molecular flexibility index (Phi) is 5.56. The van der Waals surface area contributed by atoms with Crippen LogP contribution in [-0.2, 0) is 27.3 Å². The molecule has 1 atom stereocenters. The van der Waals surface area contributed by atoms with Gasteiger partial charge in [-0.15, -0.1) is 0 Å². The van der Waals surface area contributed by atoms with E-state index in [1.807, 2.05) is 68.4 Å². The van der Waals surface area contributed by atoms with Crippen molar-refractivity contribution in [2.45, 2.75) is 33.0 Å². The van der Waals surface area contributed by atoms with E-state index < -0.39 is 12.0 Å². The fourth-order valence-electron chi connectivity index (χ4n) is 3.05. The minimum Gasteiger partial charge on any atom is -0.463 e. The molecule has 3 rings (SSSR count). The molecule has 0 bridgehead atoms. The van der Waals surface area contributed by atoms with Crippen LogP contribution in [0.3, 0.4) is 0 Å². The van der Waals surface area contributed by atoms with Crippen LogP contribution in [-0.4, -0.2) is 24.7 Å². The number of carbonyl (C=O) groups is 2. The van der Waals surface area contributed by atoms with Gasteiger partial charge in [-0.25, -0.2) is 4.79 Å². The monoisotopic (exact) mass is 353 g/mol. The zero-order valence-electron chi connectivity index (χ0n) is 15.1. The Balaban J connectivity index is 1.75. The number of benzene rings is 2. The molecule has 0 aromatic heterocycles. The van der Waals surface area contributed by atoms with Crippen molar-refractivity contribution in [2.75, 3.05) is 11.4 Å². The lowest BCUT2D eigenvalue weighted by Gasteiger charge is -2.33. The van der Waals surface area contributed by atoms with Gasteiger partial charge >= 0.3 is 12.1 Å². The summed E-state index contributed by atoms with van der Waals surface area (Å²) < 4.78 is 10.8. The zero-order valence-corrected chi connectivity index (χ0v) is 15.1. The minimum absolute atomic E-state index is 0.182. The van der Waals surface area contributed by atoms with Gasteiger partial charge in [-0.3, -0.25) is 9.69 Å². The molecule has 136 valence electrons. The molecule has 0 fully saturated rings. The van der Waals surface area contributed by atoms with Gasteiger partial charge in [-0.2, -0.15) is 0 Å². The SMILES string of the molecule is CC(C)OC(=O)[C@@H]1Cc2ccccc2N(C(=O)OCc2ccccc2)C1. The number of amides is 1. The van der Waals surface area contributed by atoms with Crippen LogP contribution in [0.4, 0.5) is 10.5 Å². The lowest BCUT2D eigenvalue weighted by molar-refractivity contribution is -0.152. The van der Waals surface area contributed by atoms with E-state index in [2.05, 4.69) is 0 Å². The molecule has 26 heavy (non-hydrogen) atoms. The molecule has 0 saturated heterocycles. The van der Waals surface area contributed by atoms with Crippen molar-refractivity contribution in [3.05, 3.63) is 65.7 Å². The number of para-hydroxylation sites is 1. The van der Waals surface area contributed by atoms with E-state index in [0.29, 0.717) is 6.42 Å². The number of carbonyl (C=O) groups excluding carboxylic acids is 2. The molecule has 0 unspecified atom stereocenters. The van der Waals surface area contributed by atoms with Crippen LogP contribution in [0.15, 0.2) is 54.6 Å². The van der Waals surface area contributed by atoms with Gasteiger partial charge in [-0.05, 0) is 37.5 Å². The zero-order chi connectivity index (χ0) is 18.5. The van der Waals surface area contributed by atoms with Crippen LogP contribution in [0.5, 0.6) is 0 Å². The Morgan fingerprint density at radius 1 is 1.08 bits per heavy atom. The molecule has 2 aromatic rings. The third kappa shape index (κ3) is 4.23. The molecule has 2 aromatic carbocycles. The second-order valence-electron chi connectivity index (χ2n) is 6.67. The summed E-state index contributed by atoms with van der Waals surface area (Å²) in [5.41, 5.74) is 2.65. The highest BCUT2D eigenvalue weighted by Crippen LogP contribution is 2.31. The Bertz CT molecular complexity index is 773. The summed E-state index contributed by atoms with van der Waals surface area (Å²) in [4.78, 5) is 26.6. The second-order valence-corrected chi connectivity index (χ2v) is 6.67. The first kappa shape index (κ1) is 18.0. The number of hydrogen-bond donors (Lipinski definition) is 0. The molecule has 0 radical (unpaired) electrons. The van der Waals surface area contributed by atoms with E-state index in [-0.39, 0.29) is 25.2 Å². The molecule has 1 heterocycles. The van der Waals surface area contributed by atoms with Crippen LogP contribution >= 0.6 is 0 Å². The van der Waals surface area contributed by atoms with Crippen molar-refractivity contribution >= 4 is 17.7 Å². The Hall–Kier alpha value is -2.82. The quantitative estimate of drug-likeness (QED) is 0.781. The van der Waals surface area contributed by atoms with Crippen molar-refractivity contribution in [2.24, 2.45) is 5.92 Å². The number of nitrogens with zero attached hydrogens (tertiary/aromatic N) is 1. The van der Waals surface area contributed by atoms with E-state index in [1.165, 1.54) is 4.90 Å². The van der Waals surface area contributed by atoms with Gasteiger partial charge in [0.15, 0.2) is 0 Å². The topological polar surface area (TPSA) is 55.8 Å². The summed E-state index contributed by atoms with van der Waals surface area (Å²) in [6.45, 7) is 4.09. The Morgan fingerprint density at radius 3 is 2.50 bits per heavy atom. The fourth-order valence-corrected chi connectivity index (χ4v) is 3.05. The molecule has 1 aliphatic rings. The van der Waals surface area contributed by atoms with E-state index in [4.69, 9.17) is 9.47 Å². The number of anilines is 1. The van der Waals surface area contributed by atoms with Crippen LogP contribution < -0.4 is 4.90 Å². The molecule has 0 N–H and O–H groups in total. The smallest absolute Gasteiger partial charge is 0.414 e. The molecule has 1 aliphatic heterocycles. The molecule has 5 heteroatoms. The number of ether oxygens (including phenoxy) is 2. The first-order valence-electron chi connectivity index (χ1n) is 8.81. The maximum Gasteiger partial charge on any atom is 0.414 e. The van der Waals surface area contributed by atoms with Crippen LogP contribution in [0, 0.1) is 5.92 Å². The van der Waals surface area contributed by atoms with Gasteiger partial charge in [0.05, 0.1) is 17.7 Å². The number of fused-ring (bicyclic) bond motifs is 1. The predicted octanol–water partition coefficient (Wildman–Crippen LogP) is 3.95. The highest BCUT2D eigenvalue weighted by Gasteiger charge is 2.34. The first-order chi connectivity index (χ1) is 12.5. The van der Waals surface area contributed by atoms with Crippen LogP contribution in [0.25, 0.3) is 0 Å². The summed E-state index contributed by atoms with van der Waals surface area (Å²) >= 11 is 0. The van der Waals surface area contributed by atoms with E-state index in [1.54, 1.807) is 0 Å². The van der Waals surface area contributed by atoms with E-state index in [9.17, 15) is 9.59 Å². The van der Waals surface area contributed by atoms with Crippen LogP contribution in [0.1, 0.15) is 25.0 Å². The molecule has 0 spiro atoms. The van der Waals surface area contributed by atoms with Crippen molar-refractivity contribution in [3.8, 4) is 0 Å².